The molecule has 6 nitrogen and oxygen atoms in total. The third-order valence-electron chi connectivity index (χ3n) is 5.73. The van der Waals surface area contributed by atoms with Crippen molar-refractivity contribution in [3.05, 3.63) is 89.0 Å². The maximum absolute atomic E-state index is 12.6. The van der Waals surface area contributed by atoms with Crippen LogP contribution in [0.15, 0.2) is 60.8 Å². The molecule has 0 aliphatic carbocycles. The zero-order valence-electron chi connectivity index (χ0n) is 17.6. The average molecular weight is 414 g/mol. The first-order valence-corrected chi connectivity index (χ1v) is 10.8. The number of aromatic amines is 1. The van der Waals surface area contributed by atoms with E-state index in [1.54, 1.807) is 0 Å². The lowest BCUT2D eigenvalue weighted by Gasteiger charge is -2.17. The summed E-state index contributed by atoms with van der Waals surface area (Å²) >= 11 is 0. The fraction of sp³-hybridized carbons (Fsp3) is 0.320. The first-order valence-electron chi connectivity index (χ1n) is 10.8. The summed E-state index contributed by atoms with van der Waals surface area (Å²) in [4.78, 5) is 22.4. The summed E-state index contributed by atoms with van der Waals surface area (Å²) in [6, 6.07) is 19.9. The maximum atomic E-state index is 12.6. The van der Waals surface area contributed by atoms with Crippen molar-refractivity contribution in [3.8, 4) is 6.07 Å². The minimum absolute atomic E-state index is 0.0863. The van der Waals surface area contributed by atoms with E-state index in [1.807, 2.05) is 53.6 Å². The molecule has 2 N–H and O–H groups in total. The number of nitrogens with zero attached hydrogens (tertiary/aromatic N) is 3. The van der Waals surface area contributed by atoms with Crippen LogP contribution < -0.4 is 5.32 Å². The van der Waals surface area contributed by atoms with Gasteiger partial charge in [-0.1, -0.05) is 42.5 Å². The van der Waals surface area contributed by atoms with Crippen molar-refractivity contribution in [2.45, 2.75) is 31.7 Å². The van der Waals surface area contributed by atoms with Crippen LogP contribution in [-0.4, -0.2) is 46.5 Å². The number of nitriles is 1. The van der Waals surface area contributed by atoms with Gasteiger partial charge in [0.05, 0.1) is 17.7 Å². The number of imidazole rings is 1. The molecule has 2 aromatic carbocycles. The molecule has 0 spiro atoms. The molecule has 0 bridgehead atoms. The first-order chi connectivity index (χ1) is 15.2. The van der Waals surface area contributed by atoms with E-state index >= 15 is 0 Å². The molecule has 2 heterocycles. The highest BCUT2D eigenvalue weighted by Crippen LogP contribution is 2.13. The fourth-order valence-electron chi connectivity index (χ4n) is 3.95. The lowest BCUT2D eigenvalue weighted by Crippen LogP contribution is -2.39. The van der Waals surface area contributed by atoms with Crippen LogP contribution in [0.1, 0.15) is 34.6 Å². The summed E-state index contributed by atoms with van der Waals surface area (Å²) in [6.45, 7) is 2.34. The zero-order chi connectivity index (χ0) is 21.5. The van der Waals surface area contributed by atoms with Gasteiger partial charge in [-0.3, -0.25) is 4.79 Å². The molecule has 4 rings (SSSR count). The lowest BCUT2D eigenvalue weighted by molar-refractivity contribution is -0.129. The van der Waals surface area contributed by atoms with Gasteiger partial charge in [-0.05, 0) is 36.1 Å². The molecule has 1 saturated heterocycles. The van der Waals surface area contributed by atoms with Gasteiger partial charge in [0.15, 0.2) is 0 Å². The normalized spacial score (nSPS) is 15.9. The van der Waals surface area contributed by atoms with Crippen LogP contribution in [0.5, 0.6) is 0 Å². The van der Waals surface area contributed by atoms with Crippen LogP contribution in [0.3, 0.4) is 0 Å². The summed E-state index contributed by atoms with van der Waals surface area (Å²) in [7, 11) is 0. The summed E-state index contributed by atoms with van der Waals surface area (Å²) in [5.41, 5.74) is 4.10. The highest BCUT2D eigenvalue weighted by atomic mass is 16.2. The van der Waals surface area contributed by atoms with Crippen molar-refractivity contribution >= 4 is 5.91 Å². The molecule has 0 radical (unpaired) electrons. The van der Waals surface area contributed by atoms with Gasteiger partial charge in [0.2, 0.25) is 5.91 Å². The minimum atomic E-state index is -0.0863. The number of aromatic nitrogens is 2. The topological polar surface area (TPSA) is 84.8 Å². The second-order valence-corrected chi connectivity index (χ2v) is 7.95. The van der Waals surface area contributed by atoms with Gasteiger partial charge >= 0.3 is 0 Å². The number of carbonyl (C=O) groups excluding carboxylic acids is 1. The Labute approximate surface area is 182 Å². The number of carbonyl (C=O) groups is 1. The van der Waals surface area contributed by atoms with Crippen molar-refractivity contribution < 1.29 is 4.79 Å². The predicted octanol–water partition coefficient (Wildman–Crippen LogP) is 2.85. The number of hydrogen-bond acceptors (Lipinski definition) is 4. The quantitative estimate of drug-likeness (QED) is 0.565. The maximum Gasteiger partial charge on any atom is 0.239 e. The number of rotatable bonds is 9. The summed E-state index contributed by atoms with van der Waals surface area (Å²) in [5.74, 6) is 1.12. The average Bonchev–Trinajstić information content (AvgIpc) is 3.40. The molecule has 1 fully saturated rings. The minimum Gasteiger partial charge on any atom is -0.346 e. The van der Waals surface area contributed by atoms with Crippen molar-refractivity contribution in [2.24, 2.45) is 0 Å². The van der Waals surface area contributed by atoms with E-state index in [1.165, 1.54) is 5.56 Å². The molecule has 1 atom stereocenters. The van der Waals surface area contributed by atoms with Crippen molar-refractivity contribution in [1.29, 1.82) is 5.26 Å². The Hall–Kier alpha value is -3.43. The molecule has 31 heavy (non-hydrogen) atoms. The molecule has 0 saturated carbocycles. The van der Waals surface area contributed by atoms with Crippen molar-refractivity contribution in [2.75, 3.05) is 19.6 Å². The molecule has 3 aromatic rings. The highest BCUT2D eigenvalue weighted by molar-refractivity contribution is 5.84. The molecule has 0 unspecified atom stereocenters. The van der Waals surface area contributed by atoms with Gasteiger partial charge < -0.3 is 15.2 Å². The van der Waals surface area contributed by atoms with Gasteiger partial charge in [-0.15, -0.1) is 0 Å². The highest BCUT2D eigenvalue weighted by Gasteiger charge is 2.30. The van der Waals surface area contributed by atoms with Crippen LogP contribution in [-0.2, 0) is 24.1 Å². The molecule has 1 aliphatic heterocycles. The molecule has 1 aromatic heterocycles. The number of hydrogen-bond donors (Lipinski definition) is 2. The molecule has 1 aliphatic rings. The lowest BCUT2D eigenvalue weighted by atomic mass is 10.1. The Bertz CT molecular complexity index is 1040. The summed E-state index contributed by atoms with van der Waals surface area (Å²) in [6.07, 6.45) is 5.13. The van der Waals surface area contributed by atoms with Crippen LogP contribution in [0, 0.1) is 11.3 Å². The standard InChI is InChI=1S/C25H27N5O/c26-17-21-8-6-20(7-9-21)16-24-28-18-22(29-24)10-13-27-23-12-15-30(25(23)31)14-11-19-4-2-1-3-5-19/h1-9,18,23,27H,10-16H2,(H,28,29)/t23-/m1/s1. The van der Waals surface area contributed by atoms with Gasteiger partial charge in [0, 0.05) is 44.4 Å². The Morgan fingerprint density at radius 1 is 1.10 bits per heavy atom. The van der Waals surface area contributed by atoms with E-state index in [4.69, 9.17) is 5.26 Å². The van der Waals surface area contributed by atoms with E-state index in [0.717, 1.165) is 56.0 Å². The number of nitrogens with one attached hydrogen (secondary N) is 2. The number of amides is 1. The van der Waals surface area contributed by atoms with Gasteiger partial charge in [0.25, 0.3) is 0 Å². The number of likely N-dealkylation sites (tertiary alicyclic amines) is 1. The third-order valence-corrected chi connectivity index (χ3v) is 5.73. The van der Waals surface area contributed by atoms with Crippen LogP contribution in [0.2, 0.25) is 0 Å². The first kappa shape index (κ1) is 20.8. The fourth-order valence-corrected chi connectivity index (χ4v) is 3.95. The van der Waals surface area contributed by atoms with E-state index < -0.39 is 0 Å². The number of benzene rings is 2. The van der Waals surface area contributed by atoms with Crippen molar-refractivity contribution in [1.82, 2.24) is 20.2 Å². The van der Waals surface area contributed by atoms with Gasteiger partial charge in [0.1, 0.15) is 5.82 Å². The van der Waals surface area contributed by atoms with Crippen LogP contribution >= 0.6 is 0 Å². The predicted molar refractivity (Wildman–Crippen MR) is 119 cm³/mol. The van der Waals surface area contributed by atoms with Crippen LogP contribution in [0.4, 0.5) is 0 Å². The molecular formula is C25H27N5O. The molecule has 6 heteroatoms. The van der Waals surface area contributed by atoms with E-state index in [9.17, 15) is 4.79 Å². The zero-order valence-corrected chi connectivity index (χ0v) is 17.6. The van der Waals surface area contributed by atoms with E-state index in [-0.39, 0.29) is 11.9 Å². The monoisotopic (exact) mass is 413 g/mol. The molecule has 1 amide bonds. The Morgan fingerprint density at radius 2 is 1.90 bits per heavy atom. The van der Waals surface area contributed by atoms with Crippen LogP contribution in [0.25, 0.3) is 0 Å². The van der Waals surface area contributed by atoms with E-state index in [2.05, 4.69) is 33.5 Å². The van der Waals surface area contributed by atoms with Gasteiger partial charge in [-0.25, -0.2) is 4.98 Å². The summed E-state index contributed by atoms with van der Waals surface area (Å²) in [5, 5.41) is 12.3. The second-order valence-electron chi connectivity index (χ2n) is 7.95. The molecule has 158 valence electrons. The van der Waals surface area contributed by atoms with Crippen molar-refractivity contribution in [3.63, 3.8) is 0 Å². The Kier molecular flexibility index (Phi) is 6.75. The largest absolute Gasteiger partial charge is 0.346 e. The summed E-state index contributed by atoms with van der Waals surface area (Å²) < 4.78 is 0. The second kappa shape index (κ2) is 10.1. The molecular weight excluding hydrogens is 386 g/mol. The smallest absolute Gasteiger partial charge is 0.239 e. The Balaban J connectivity index is 1.20. The Morgan fingerprint density at radius 3 is 2.68 bits per heavy atom. The SMILES string of the molecule is N#Cc1ccc(Cc2ncc(CCN[C@@H]3CCN(CCc4ccccc4)C3=O)[nH]2)cc1. The van der Waals surface area contributed by atoms with Gasteiger partial charge in [-0.2, -0.15) is 5.26 Å². The number of H-pyrrole nitrogens is 1. The van der Waals surface area contributed by atoms with E-state index in [0.29, 0.717) is 12.0 Å². The third kappa shape index (κ3) is 5.59.